The first kappa shape index (κ1) is 14.3. The van der Waals surface area contributed by atoms with Gasteiger partial charge in [0, 0.05) is 0 Å². The topological polar surface area (TPSA) is 26.3 Å². The average Bonchev–Trinajstić information content (AvgIpc) is 2.10. The van der Waals surface area contributed by atoms with Gasteiger partial charge in [0.15, 0.2) is 0 Å². The Morgan fingerprint density at radius 1 is 1.33 bits per heavy atom. The molecule has 0 amide bonds. The molecule has 15 heavy (non-hydrogen) atoms. The Kier molecular flexibility index (Phi) is 6.36. The molecule has 1 unspecified atom stereocenters. The van der Waals surface area contributed by atoms with Gasteiger partial charge >= 0.3 is 12.1 Å². The van der Waals surface area contributed by atoms with Crippen molar-refractivity contribution in [3.63, 3.8) is 0 Å². The Balaban J connectivity index is 4.18. The van der Waals surface area contributed by atoms with Gasteiger partial charge in [-0.3, -0.25) is 4.79 Å². The number of carbonyl (C=O) groups is 1. The maximum absolute atomic E-state index is 12.4. The molecule has 0 rings (SSSR count). The van der Waals surface area contributed by atoms with Crippen LogP contribution in [0.5, 0.6) is 0 Å². The maximum Gasteiger partial charge on any atom is 0.392 e. The zero-order valence-corrected chi connectivity index (χ0v) is 9.06. The molecular weight excluding hydrogens is 209 g/mol. The van der Waals surface area contributed by atoms with E-state index in [9.17, 15) is 18.0 Å². The van der Waals surface area contributed by atoms with Gasteiger partial charge in [0.05, 0.1) is 18.9 Å². The normalized spacial score (nSPS) is 13.7. The Bertz CT molecular complexity index is 190. The van der Waals surface area contributed by atoms with Crippen molar-refractivity contribution in [3.8, 4) is 0 Å². The molecule has 0 fully saturated rings. The zero-order valence-electron chi connectivity index (χ0n) is 9.06. The molecule has 0 bridgehead atoms. The first-order chi connectivity index (χ1) is 6.91. The number of ether oxygens (including phenoxy) is 1. The molecule has 0 aliphatic heterocycles. The van der Waals surface area contributed by atoms with Crippen LogP contribution in [-0.4, -0.2) is 18.8 Å². The number of carbonyl (C=O) groups excluding carboxylic acids is 1. The summed E-state index contributed by atoms with van der Waals surface area (Å²) in [6.45, 7) is 3.52. The molecular formula is C10H17F3O2. The molecule has 0 N–H and O–H groups in total. The summed E-state index contributed by atoms with van der Waals surface area (Å²) in [5.74, 6) is -2.33. The second-order valence-corrected chi connectivity index (χ2v) is 3.39. The number of unbranched alkanes of at least 4 members (excludes halogenated alkanes) is 1. The SMILES string of the molecule is CCCCC(CC(=O)OCC)C(F)(F)F. The fraction of sp³-hybridized carbons (Fsp3) is 0.900. The molecule has 0 aliphatic rings. The van der Waals surface area contributed by atoms with Crippen LogP contribution in [-0.2, 0) is 9.53 Å². The highest BCUT2D eigenvalue weighted by molar-refractivity contribution is 5.69. The number of rotatable bonds is 6. The van der Waals surface area contributed by atoms with E-state index >= 15 is 0 Å². The van der Waals surface area contributed by atoms with Crippen molar-refractivity contribution in [2.45, 2.75) is 45.7 Å². The number of halogens is 3. The molecule has 0 saturated carbocycles. The molecule has 0 spiro atoms. The van der Waals surface area contributed by atoms with Crippen molar-refractivity contribution in [3.05, 3.63) is 0 Å². The van der Waals surface area contributed by atoms with Crippen molar-refractivity contribution < 1.29 is 22.7 Å². The highest BCUT2D eigenvalue weighted by atomic mass is 19.4. The van der Waals surface area contributed by atoms with Gasteiger partial charge in [-0.25, -0.2) is 0 Å². The Morgan fingerprint density at radius 2 is 1.93 bits per heavy atom. The van der Waals surface area contributed by atoms with Gasteiger partial charge < -0.3 is 4.74 Å². The summed E-state index contributed by atoms with van der Waals surface area (Å²) >= 11 is 0. The minimum atomic E-state index is -4.30. The monoisotopic (exact) mass is 226 g/mol. The fourth-order valence-corrected chi connectivity index (χ4v) is 1.25. The predicted octanol–water partition coefficient (Wildman–Crippen LogP) is 3.31. The van der Waals surface area contributed by atoms with Crippen LogP contribution in [0.25, 0.3) is 0 Å². The zero-order chi connectivity index (χ0) is 11.9. The van der Waals surface area contributed by atoms with Crippen LogP contribution >= 0.6 is 0 Å². The smallest absolute Gasteiger partial charge is 0.392 e. The van der Waals surface area contributed by atoms with E-state index in [0.717, 1.165) is 0 Å². The van der Waals surface area contributed by atoms with Crippen LogP contribution in [0.3, 0.4) is 0 Å². The molecule has 0 aromatic carbocycles. The Morgan fingerprint density at radius 3 is 2.33 bits per heavy atom. The summed E-state index contributed by atoms with van der Waals surface area (Å²) < 4.78 is 41.8. The molecule has 2 nitrogen and oxygen atoms in total. The first-order valence-electron chi connectivity index (χ1n) is 5.14. The van der Waals surface area contributed by atoms with Crippen LogP contribution in [0.4, 0.5) is 13.2 Å². The second-order valence-electron chi connectivity index (χ2n) is 3.39. The van der Waals surface area contributed by atoms with E-state index < -0.39 is 24.5 Å². The summed E-state index contributed by atoms with van der Waals surface area (Å²) in [5, 5.41) is 0. The highest BCUT2D eigenvalue weighted by Crippen LogP contribution is 2.32. The van der Waals surface area contributed by atoms with Crippen molar-refractivity contribution in [1.82, 2.24) is 0 Å². The molecule has 1 atom stereocenters. The average molecular weight is 226 g/mol. The summed E-state index contributed by atoms with van der Waals surface area (Å²) in [7, 11) is 0. The molecule has 5 heteroatoms. The summed E-state index contributed by atoms with van der Waals surface area (Å²) in [5.41, 5.74) is 0. The predicted molar refractivity (Wildman–Crippen MR) is 50.3 cm³/mol. The third kappa shape index (κ3) is 6.36. The minimum absolute atomic E-state index is 0.00118. The Labute approximate surface area is 87.8 Å². The molecule has 0 aliphatic carbocycles. The first-order valence-corrected chi connectivity index (χ1v) is 5.14. The molecule has 0 heterocycles. The van der Waals surface area contributed by atoms with Gasteiger partial charge in [-0.2, -0.15) is 13.2 Å². The van der Waals surface area contributed by atoms with Crippen molar-refractivity contribution in [2.75, 3.05) is 6.61 Å². The van der Waals surface area contributed by atoms with Gasteiger partial charge in [0.1, 0.15) is 0 Å². The third-order valence-corrected chi connectivity index (χ3v) is 2.09. The van der Waals surface area contributed by atoms with Gasteiger partial charge in [-0.1, -0.05) is 19.8 Å². The van der Waals surface area contributed by atoms with E-state index in [-0.39, 0.29) is 13.0 Å². The van der Waals surface area contributed by atoms with Gasteiger partial charge in [-0.05, 0) is 13.3 Å². The standard InChI is InChI=1S/C10H17F3O2/c1-3-5-6-8(10(11,12)13)7-9(14)15-4-2/h8H,3-7H2,1-2H3. The van der Waals surface area contributed by atoms with Gasteiger partial charge in [0.25, 0.3) is 0 Å². The van der Waals surface area contributed by atoms with E-state index in [1.165, 1.54) is 0 Å². The van der Waals surface area contributed by atoms with E-state index in [1.54, 1.807) is 6.92 Å². The number of hydrogen-bond acceptors (Lipinski definition) is 2. The van der Waals surface area contributed by atoms with Gasteiger partial charge in [0.2, 0.25) is 0 Å². The molecule has 0 aromatic heterocycles. The Hall–Kier alpha value is -0.740. The number of esters is 1. The molecule has 0 aromatic rings. The van der Waals surface area contributed by atoms with Crippen molar-refractivity contribution in [1.29, 1.82) is 0 Å². The number of alkyl halides is 3. The summed E-state index contributed by atoms with van der Waals surface area (Å²) in [6.07, 6.45) is -3.70. The highest BCUT2D eigenvalue weighted by Gasteiger charge is 2.40. The van der Waals surface area contributed by atoms with E-state index in [1.807, 2.05) is 6.92 Å². The lowest BCUT2D eigenvalue weighted by Crippen LogP contribution is -2.26. The molecule has 0 saturated heterocycles. The second kappa shape index (κ2) is 6.69. The van der Waals surface area contributed by atoms with E-state index in [0.29, 0.717) is 12.8 Å². The van der Waals surface area contributed by atoms with Crippen LogP contribution in [0.2, 0.25) is 0 Å². The summed E-state index contributed by atoms with van der Waals surface area (Å²) in [4.78, 5) is 10.9. The number of hydrogen-bond donors (Lipinski definition) is 0. The van der Waals surface area contributed by atoms with E-state index in [2.05, 4.69) is 4.74 Å². The minimum Gasteiger partial charge on any atom is -0.466 e. The molecule has 90 valence electrons. The van der Waals surface area contributed by atoms with Crippen LogP contribution in [0, 0.1) is 5.92 Å². The largest absolute Gasteiger partial charge is 0.466 e. The fourth-order valence-electron chi connectivity index (χ4n) is 1.25. The van der Waals surface area contributed by atoms with Gasteiger partial charge in [-0.15, -0.1) is 0 Å². The summed E-state index contributed by atoms with van der Waals surface area (Å²) in [6, 6.07) is 0. The lowest BCUT2D eigenvalue weighted by atomic mass is 9.98. The van der Waals surface area contributed by atoms with Crippen molar-refractivity contribution in [2.24, 2.45) is 5.92 Å². The lowest BCUT2D eigenvalue weighted by Gasteiger charge is -2.18. The maximum atomic E-state index is 12.4. The lowest BCUT2D eigenvalue weighted by molar-refractivity contribution is -0.186. The van der Waals surface area contributed by atoms with Crippen molar-refractivity contribution >= 4 is 5.97 Å². The van der Waals surface area contributed by atoms with Crippen LogP contribution < -0.4 is 0 Å². The van der Waals surface area contributed by atoms with E-state index in [4.69, 9.17) is 0 Å². The quantitative estimate of drug-likeness (QED) is 0.649. The van der Waals surface area contributed by atoms with Crippen LogP contribution in [0.15, 0.2) is 0 Å². The third-order valence-electron chi connectivity index (χ3n) is 2.09. The molecule has 0 radical (unpaired) electrons. The van der Waals surface area contributed by atoms with Crippen LogP contribution in [0.1, 0.15) is 39.5 Å².